The van der Waals surface area contributed by atoms with Gasteiger partial charge in [-0.15, -0.1) is 0 Å². The number of rotatable bonds is 8. The second-order valence-corrected chi connectivity index (χ2v) is 7.48. The van der Waals surface area contributed by atoms with E-state index < -0.39 is 12.1 Å². The summed E-state index contributed by atoms with van der Waals surface area (Å²) in [6.07, 6.45) is 3.83. The van der Waals surface area contributed by atoms with Gasteiger partial charge in [-0.05, 0) is 56.5 Å². The van der Waals surface area contributed by atoms with Crippen LogP contribution in [0, 0.1) is 5.82 Å². The van der Waals surface area contributed by atoms with Crippen molar-refractivity contribution in [2.24, 2.45) is 0 Å². The molecule has 0 bridgehead atoms. The molecule has 5 heteroatoms. The molecule has 2 N–H and O–H groups in total. The van der Waals surface area contributed by atoms with Gasteiger partial charge in [-0.25, -0.2) is 4.39 Å². The standard InChI is InChI=1S/C24H26FNO3/c1-16(2)26-21-9-6-4-8-20(21)24(17-11-13-18(25)14-12-17)22(26)10-5-3-7-19(27)15-23(28)29/h4-6,8-14,16,19,27H,3,7,15H2,1-2H3,(H,28,29). The number of nitrogens with zero attached hydrogens (tertiary/aromatic N) is 1. The lowest BCUT2D eigenvalue weighted by Crippen LogP contribution is -2.12. The van der Waals surface area contributed by atoms with Gasteiger partial charge in [0.2, 0.25) is 0 Å². The Hall–Kier alpha value is -2.92. The molecular formula is C24H26FNO3. The van der Waals surface area contributed by atoms with Gasteiger partial charge in [-0.3, -0.25) is 4.79 Å². The number of carboxylic acids is 1. The van der Waals surface area contributed by atoms with Crippen molar-refractivity contribution in [3.05, 3.63) is 66.1 Å². The number of aliphatic carboxylic acids is 1. The summed E-state index contributed by atoms with van der Waals surface area (Å²) in [5.41, 5.74) is 4.09. The van der Waals surface area contributed by atoms with Crippen LogP contribution in [0.3, 0.4) is 0 Å². The van der Waals surface area contributed by atoms with Crippen LogP contribution in [0.25, 0.3) is 28.1 Å². The Morgan fingerprint density at radius 2 is 1.83 bits per heavy atom. The second kappa shape index (κ2) is 9.05. The molecule has 1 atom stereocenters. The number of aromatic nitrogens is 1. The van der Waals surface area contributed by atoms with Gasteiger partial charge in [0.05, 0.1) is 12.5 Å². The van der Waals surface area contributed by atoms with Crippen LogP contribution in [0.5, 0.6) is 0 Å². The maximum atomic E-state index is 13.5. The van der Waals surface area contributed by atoms with E-state index in [0.29, 0.717) is 12.8 Å². The molecular weight excluding hydrogens is 369 g/mol. The molecule has 0 fully saturated rings. The molecule has 0 radical (unpaired) electrons. The molecule has 29 heavy (non-hydrogen) atoms. The Kier molecular flexibility index (Phi) is 6.49. The summed E-state index contributed by atoms with van der Waals surface area (Å²) in [5.74, 6) is -1.27. The predicted molar refractivity (Wildman–Crippen MR) is 114 cm³/mol. The SMILES string of the molecule is CC(C)n1c(C=CCCC(O)CC(=O)O)c(-c2ccc(F)cc2)c2ccccc21. The second-order valence-electron chi connectivity index (χ2n) is 7.48. The van der Waals surface area contributed by atoms with Crippen molar-refractivity contribution >= 4 is 22.9 Å². The summed E-state index contributed by atoms with van der Waals surface area (Å²) < 4.78 is 15.7. The van der Waals surface area contributed by atoms with Crippen molar-refractivity contribution in [3.63, 3.8) is 0 Å². The minimum absolute atomic E-state index is 0.214. The van der Waals surface area contributed by atoms with Crippen LogP contribution < -0.4 is 0 Å². The topological polar surface area (TPSA) is 62.5 Å². The van der Waals surface area contributed by atoms with Gasteiger partial charge in [0.15, 0.2) is 0 Å². The summed E-state index contributed by atoms with van der Waals surface area (Å²) in [5, 5.41) is 19.6. The van der Waals surface area contributed by atoms with Crippen molar-refractivity contribution in [2.45, 2.75) is 45.3 Å². The van der Waals surface area contributed by atoms with Crippen molar-refractivity contribution in [1.82, 2.24) is 4.57 Å². The van der Waals surface area contributed by atoms with E-state index in [0.717, 1.165) is 27.7 Å². The molecule has 0 saturated carbocycles. The smallest absolute Gasteiger partial charge is 0.305 e. The molecule has 1 unspecified atom stereocenters. The zero-order valence-corrected chi connectivity index (χ0v) is 16.7. The third-order valence-electron chi connectivity index (χ3n) is 4.95. The summed E-state index contributed by atoms with van der Waals surface area (Å²) in [7, 11) is 0. The fourth-order valence-corrected chi connectivity index (χ4v) is 3.71. The summed E-state index contributed by atoms with van der Waals surface area (Å²) in [6.45, 7) is 4.24. The first-order valence-electron chi connectivity index (χ1n) is 9.83. The largest absolute Gasteiger partial charge is 0.481 e. The van der Waals surface area contributed by atoms with Gasteiger partial charge in [0.1, 0.15) is 5.82 Å². The number of benzene rings is 2. The number of carbonyl (C=O) groups is 1. The van der Waals surface area contributed by atoms with E-state index in [-0.39, 0.29) is 18.3 Å². The Morgan fingerprint density at radius 3 is 2.48 bits per heavy atom. The van der Waals surface area contributed by atoms with Gasteiger partial charge >= 0.3 is 5.97 Å². The van der Waals surface area contributed by atoms with E-state index in [1.807, 2.05) is 24.3 Å². The number of para-hydroxylation sites is 1. The Balaban J connectivity index is 2.03. The third-order valence-corrected chi connectivity index (χ3v) is 4.95. The first-order valence-corrected chi connectivity index (χ1v) is 9.83. The zero-order valence-electron chi connectivity index (χ0n) is 16.7. The van der Waals surface area contributed by atoms with Crippen molar-refractivity contribution in [3.8, 4) is 11.1 Å². The minimum atomic E-state index is -1.000. The number of hydrogen-bond acceptors (Lipinski definition) is 2. The van der Waals surface area contributed by atoms with Crippen LogP contribution in [0.4, 0.5) is 4.39 Å². The van der Waals surface area contributed by atoms with E-state index in [1.165, 1.54) is 12.1 Å². The van der Waals surface area contributed by atoms with Crippen molar-refractivity contribution < 1.29 is 19.4 Å². The maximum Gasteiger partial charge on any atom is 0.305 e. The average molecular weight is 395 g/mol. The Labute approximate surface area is 169 Å². The molecule has 1 heterocycles. The lowest BCUT2D eigenvalue weighted by Gasteiger charge is -2.14. The number of allylic oxidation sites excluding steroid dienone is 1. The Morgan fingerprint density at radius 1 is 1.14 bits per heavy atom. The number of hydrogen-bond donors (Lipinski definition) is 2. The molecule has 3 rings (SSSR count). The van der Waals surface area contributed by atoms with Crippen LogP contribution in [0.2, 0.25) is 0 Å². The van der Waals surface area contributed by atoms with E-state index in [9.17, 15) is 14.3 Å². The number of aliphatic hydroxyl groups excluding tert-OH is 1. The number of aliphatic hydroxyl groups is 1. The molecule has 0 saturated heterocycles. The molecule has 152 valence electrons. The third kappa shape index (κ3) is 4.74. The van der Waals surface area contributed by atoms with Crippen LogP contribution in [0.1, 0.15) is 44.8 Å². The van der Waals surface area contributed by atoms with Gasteiger partial charge in [0, 0.05) is 28.2 Å². The van der Waals surface area contributed by atoms with Crippen molar-refractivity contribution in [1.29, 1.82) is 0 Å². The molecule has 0 aliphatic rings. The van der Waals surface area contributed by atoms with E-state index in [4.69, 9.17) is 5.11 Å². The molecule has 3 aromatic rings. The highest BCUT2D eigenvalue weighted by molar-refractivity contribution is 6.01. The molecule has 2 aromatic carbocycles. The summed E-state index contributed by atoms with van der Waals surface area (Å²) in [4.78, 5) is 10.7. The van der Waals surface area contributed by atoms with E-state index in [2.05, 4.69) is 30.5 Å². The molecule has 0 aliphatic heterocycles. The monoisotopic (exact) mass is 395 g/mol. The van der Waals surface area contributed by atoms with E-state index in [1.54, 1.807) is 12.1 Å². The van der Waals surface area contributed by atoms with Crippen LogP contribution >= 0.6 is 0 Å². The molecule has 0 amide bonds. The predicted octanol–water partition coefficient (Wildman–Crippen LogP) is 5.66. The highest BCUT2D eigenvalue weighted by atomic mass is 19.1. The van der Waals surface area contributed by atoms with Crippen molar-refractivity contribution in [2.75, 3.05) is 0 Å². The first-order chi connectivity index (χ1) is 13.9. The normalized spacial score (nSPS) is 12.9. The highest BCUT2D eigenvalue weighted by Gasteiger charge is 2.18. The number of carboxylic acid groups (broad SMARTS) is 1. The fraction of sp³-hybridized carbons (Fsp3) is 0.292. The highest BCUT2D eigenvalue weighted by Crippen LogP contribution is 2.37. The lowest BCUT2D eigenvalue weighted by molar-refractivity contribution is -0.139. The van der Waals surface area contributed by atoms with Crippen LogP contribution in [-0.4, -0.2) is 26.9 Å². The van der Waals surface area contributed by atoms with Crippen LogP contribution in [-0.2, 0) is 4.79 Å². The molecule has 1 aromatic heterocycles. The summed E-state index contributed by atoms with van der Waals surface area (Å²) in [6, 6.07) is 14.9. The van der Waals surface area contributed by atoms with E-state index >= 15 is 0 Å². The lowest BCUT2D eigenvalue weighted by atomic mass is 10.0. The average Bonchev–Trinajstić information content (AvgIpc) is 2.99. The summed E-state index contributed by atoms with van der Waals surface area (Å²) >= 11 is 0. The first kappa shape index (κ1) is 20.8. The zero-order chi connectivity index (χ0) is 21.0. The molecule has 0 spiro atoms. The maximum absolute atomic E-state index is 13.5. The van der Waals surface area contributed by atoms with Gasteiger partial charge in [-0.2, -0.15) is 0 Å². The Bertz CT molecular complexity index is 1020. The number of fused-ring (bicyclic) bond motifs is 1. The molecule has 4 nitrogen and oxygen atoms in total. The fourth-order valence-electron chi connectivity index (χ4n) is 3.71. The van der Waals surface area contributed by atoms with Gasteiger partial charge in [0.25, 0.3) is 0 Å². The number of halogens is 1. The quantitative estimate of drug-likeness (QED) is 0.517. The van der Waals surface area contributed by atoms with Gasteiger partial charge < -0.3 is 14.8 Å². The van der Waals surface area contributed by atoms with Crippen LogP contribution in [0.15, 0.2) is 54.6 Å². The molecule has 0 aliphatic carbocycles. The minimum Gasteiger partial charge on any atom is -0.481 e. The van der Waals surface area contributed by atoms with Gasteiger partial charge in [-0.1, -0.05) is 36.4 Å².